The average Bonchev–Trinajstić information content (AvgIpc) is 2.72. The van der Waals surface area contributed by atoms with Gasteiger partial charge in [0.05, 0.1) is 0 Å². The number of aromatic nitrogens is 1. The number of aromatic amines is 1. The van der Waals surface area contributed by atoms with Gasteiger partial charge in [0.15, 0.2) is 0 Å². The zero-order chi connectivity index (χ0) is 13.1. The molecule has 3 N–H and O–H groups in total. The number of fused-ring (bicyclic) bond motifs is 1. The SMILES string of the molecule is CC(C)C(NCc1c[nH]c2ccccc12)C(=O)O. The highest BCUT2D eigenvalue weighted by Gasteiger charge is 2.20. The Morgan fingerprint density at radius 3 is 2.78 bits per heavy atom. The highest BCUT2D eigenvalue weighted by Crippen LogP contribution is 2.17. The number of H-pyrrole nitrogens is 1. The molecule has 0 bridgehead atoms. The Morgan fingerprint density at radius 2 is 2.11 bits per heavy atom. The van der Waals surface area contributed by atoms with Crippen molar-refractivity contribution in [3.05, 3.63) is 36.0 Å². The zero-order valence-electron chi connectivity index (χ0n) is 10.6. The quantitative estimate of drug-likeness (QED) is 0.758. The minimum absolute atomic E-state index is 0.0627. The van der Waals surface area contributed by atoms with Gasteiger partial charge in [-0.2, -0.15) is 0 Å². The lowest BCUT2D eigenvalue weighted by atomic mass is 10.0. The second-order valence-corrected chi connectivity index (χ2v) is 4.80. The Labute approximate surface area is 106 Å². The molecule has 0 aliphatic heterocycles. The molecule has 1 atom stereocenters. The first-order chi connectivity index (χ1) is 8.59. The molecule has 1 aromatic heterocycles. The van der Waals surface area contributed by atoms with Crippen LogP contribution in [0, 0.1) is 5.92 Å². The van der Waals surface area contributed by atoms with E-state index >= 15 is 0 Å². The van der Waals surface area contributed by atoms with Gasteiger partial charge in [-0.25, -0.2) is 0 Å². The number of aliphatic carboxylic acids is 1. The molecule has 1 heterocycles. The molecule has 0 amide bonds. The predicted octanol–water partition coefficient (Wildman–Crippen LogP) is 2.37. The summed E-state index contributed by atoms with van der Waals surface area (Å²) in [6.45, 7) is 4.36. The van der Waals surface area contributed by atoms with Crippen molar-refractivity contribution in [1.29, 1.82) is 0 Å². The number of benzene rings is 1. The normalized spacial score (nSPS) is 13.1. The monoisotopic (exact) mass is 246 g/mol. The summed E-state index contributed by atoms with van der Waals surface area (Å²) in [5.74, 6) is -0.738. The Morgan fingerprint density at radius 1 is 1.39 bits per heavy atom. The second-order valence-electron chi connectivity index (χ2n) is 4.80. The van der Waals surface area contributed by atoms with Crippen molar-refractivity contribution in [1.82, 2.24) is 10.3 Å². The van der Waals surface area contributed by atoms with Crippen LogP contribution in [0.1, 0.15) is 19.4 Å². The van der Waals surface area contributed by atoms with Gasteiger partial charge in [0.2, 0.25) is 0 Å². The van der Waals surface area contributed by atoms with Crippen molar-refractivity contribution in [2.75, 3.05) is 0 Å². The number of carbonyl (C=O) groups is 1. The summed E-state index contributed by atoms with van der Waals surface area (Å²) >= 11 is 0. The van der Waals surface area contributed by atoms with Gasteiger partial charge in [-0.3, -0.25) is 4.79 Å². The van der Waals surface area contributed by atoms with E-state index in [1.807, 2.05) is 44.3 Å². The fraction of sp³-hybridized carbons (Fsp3) is 0.357. The molecule has 0 spiro atoms. The first kappa shape index (κ1) is 12.6. The first-order valence-corrected chi connectivity index (χ1v) is 6.10. The van der Waals surface area contributed by atoms with Gasteiger partial charge in [-0.05, 0) is 17.5 Å². The maximum atomic E-state index is 11.1. The largest absolute Gasteiger partial charge is 0.480 e. The van der Waals surface area contributed by atoms with E-state index in [-0.39, 0.29) is 5.92 Å². The summed E-state index contributed by atoms with van der Waals surface area (Å²) in [6.07, 6.45) is 1.93. The van der Waals surface area contributed by atoms with Crippen LogP contribution in [0.15, 0.2) is 30.5 Å². The fourth-order valence-electron chi connectivity index (χ4n) is 2.11. The highest BCUT2D eigenvalue weighted by atomic mass is 16.4. The Balaban J connectivity index is 2.12. The van der Waals surface area contributed by atoms with E-state index in [4.69, 9.17) is 5.11 Å². The number of para-hydroxylation sites is 1. The second kappa shape index (κ2) is 5.23. The third kappa shape index (κ3) is 2.54. The molecule has 0 aliphatic rings. The summed E-state index contributed by atoms with van der Waals surface area (Å²) in [7, 11) is 0. The highest BCUT2D eigenvalue weighted by molar-refractivity contribution is 5.83. The molecular weight excluding hydrogens is 228 g/mol. The summed E-state index contributed by atoms with van der Waals surface area (Å²) in [5, 5.41) is 13.3. The molecule has 0 saturated carbocycles. The first-order valence-electron chi connectivity index (χ1n) is 6.10. The van der Waals surface area contributed by atoms with Gasteiger partial charge in [0.25, 0.3) is 0 Å². The van der Waals surface area contributed by atoms with Crippen molar-refractivity contribution in [3.63, 3.8) is 0 Å². The lowest BCUT2D eigenvalue weighted by molar-refractivity contribution is -0.140. The molecule has 0 fully saturated rings. The number of rotatable bonds is 5. The van der Waals surface area contributed by atoms with Crippen molar-refractivity contribution in [2.24, 2.45) is 5.92 Å². The van der Waals surface area contributed by atoms with Crippen LogP contribution in [0.5, 0.6) is 0 Å². The van der Waals surface area contributed by atoms with E-state index in [0.717, 1.165) is 16.5 Å². The molecular formula is C14H18N2O2. The van der Waals surface area contributed by atoms with Crippen molar-refractivity contribution >= 4 is 16.9 Å². The number of hydrogen-bond donors (Lipinski definition) is 3. The topological polar surface area (TPSA) is 65.1 Å². The van der Waals surface area contributed by atoms with Crippen LogP contribution in [0.3, 0.4) is 0 Å². The zero-order valence-corrected chi connectivity index (χ0v) is 10.6. The van der Waals surface area contributed by atoms with Crippen LogP contribution in [0.2, 0.25) is 0 Å². The van der Waals surface area contributed by atoms with E-state index in [0.29, 0.717) is 6.54 Å². The van der Waals surface area contributed by atoms with Gasteiger partial charge in [-0.15, -0.1) is 0 Å². The summed E-state index contributed by atoms with van der Waals surface area (Å²) in [4.78, 5) is 14.3. The molecule has 1 unspecified atom stereocenters. The third-order valence-electron chi connectivity index (χ3n) is 3.12. The summed E-state index contributed by atoms with van der Waals surface area (Å²) in [6, 6.07) is 7.49. The van der Waals surface area contributed by atoms with E-state index in [9.17, 15) is 4.79 Å². The van der Waals surface area contributed by atoms with E-state index in [1.54, 1.807) is 0 Å². The summed E-state index contributed by atoms with van der Waals surface area (Å²) in [5.41, 5.74) is 2.17. The molecule has 2 aromatic rings. The Hall–Kier alpha value is -1.81. The van der Waals surface area contributed by atoms with Gasteiger partial charge in [0.1, 0.15) is 6.04 Å². The predicted molar refractivity (Wildman–Crippen MR) is 71.4 cm³/mol. The van der Waals surface area contributed by atoms with Crippen molar-refractivity contribution in [3.8, 4) is 0 Å². The van der Waals surface area contributed by atoms with Gasteiger partial charge in [0, 0.05) is 23.6 Å². The molecule has 4 heteroatoms. The van der Waals surface area contributed by atoms with Crippen molar-refractivity contribution < 1.29 is 9.90 Å². The van der Waals surface area contributed by atoms with Crippen LogP contribution < -0.4 is 5.32 Å². The van der Waals surface area contributed by atoms with Gasteiger partial charge >= 0.3 is 5.97 Å². The molecule has 96 valence electrons. The van der Waals surface area contributed by atoms with Crippen LogP contribution in [0.4, 0.5) is 0 Å². The molecule has 2 rings (SSSR count). The summed E-state index contributed by atoms with van der Waals surface area (Å²) < 4.78 is 0. The molecule has 4 nitrogen and oxygen atoms in total. The minimum Gasteiger partial charge on any atom is -0.480 e. The molecule has 0 radical (unpaired) electrons. The molecule has 1 aromatic carbocycles. The number of carboxylic acids is 1. The van der Waals surface area contributed by atoms with Crippen LogP contribution in [-0.4, -0.2) is 22.1 Å². The molecule has 0 saturated heterocycles. The molecule has 0 aliphatic carbocycles. The molecule has 18 heavy (non-hydrogen) atoms. The van der Waals surface area contributed by atoms with Crippen LogP contribution in [-0.2, 0) is 11.3 Å². The Kier molecular flexibility index (Phi) is 3.67. The maximum Gasteiger partial charge on any atom is 0.320 e. The Bertz CT molecular complexity index is 545. The standard InChI is InChI=1S/C14H18N2O2/c1-9(2)13(14(17)18)16-8-10-7-15-12-6-4-3-5-11(10)12/h3-7,9,13,15-16H,8H2,1-2H3,(H,17,18). The van der Waals surface area contributed by atoms with E-state index < -0.39 is 12.0 Å². The fourth-order valence-corrected chi connectivity index (χ4v) is 2.11. The third-order valence-corrected chi connectivity index (χ3v) is 3.12. The number of carboxylic acid groups (broad SMARTS) is 1. The number of hydrogen-bond acceptors (Lipinski definition) is 2. The lowest BCUT2D eigenvalue weighted by Gasteiger charge is -2.17. The van der Waals surface area contributed by atoms with Gasteiger partial charge in [-0.1, -0.05) is 32.0 Å². The van der Waals surface area contributed by atoms with Crippen molar-refractivity contribution in [2.45, 2.75) is 26.4 Å². The van der Waals surface area contributed by atoms with Crippen LogP contribution in [0.25, 0.3) is 10.9 Å². The van der Waals surface area contributed by atoms with E-state index in [2.05, 4.69) is 10.3 Å². The minimum atomic E-state index is -0.801. The lowest BCUT2D eigenvalue weighted by Crippen LogP contribution is -2.40. The van der Waals surface area contributed by atoms with Crippen LogP contribution >= 0.6 is 0 Å². The maximum absolute atomic E-state index is 11.1. The van der Waals surface area contributed by atoms with E-state index in [1.165, 1.54) is 0 Å². The van der Waals surface area contributed by atoms with Gasteiger partial charge < -0.3 is 15.4 Å². The smallest absolute Gasteiger partial charge is 0.320 e. The average molecular weight is 246 g/mol. The number of nitrogens with one attached hydrogen (secondary N) is 2.